The molecule has 0 saturated heterocycles. The normalized spacial score (nSPS) is 10.9. The Kier molecular flexibility index (Phi) is 4.24. The molecule has 0 aliphatic carbocycles. The highest BCUT2D eigenvalue weighted by molar-refractivity contribution is 7.98. The molecular formula is C15H11F3N4S. The molecule has 0 radical (unpaired) electrons. The van der Waals surface area contributed by atoms with E-state index in [1.165, 1.54) is 47.1 Å². The van der Waals surface area contributed by atoms with Crippen LogP contribution in [0, 0.1) is 17.5 Å². The smallest absolute Gasteiger partial charge is 0.210 e. The molecule has 0 atom stereocenters. The first-order valence-electron chi connectivity index (χ1n) is 6.58. The van der Waals surface area contributed by atoms with Crippen molar-refractivity contribution in [1.29, 1.82) is 0 Å². The van der Waals surface area contributed by atoms with Crippen LogP contribution in [0.4, 0.5) is 13.2 Å². The Balaban J connectivity index is 1.81. The van der Waals surface area contributed by atoms with E-state index in [0.717, 1.165) is 11.8 Å². The average Bonchev–Trinajstić information content (AvgIpc) is 2.89. The maximum Gasteiger partial charge on any atom is 0.210 e. The summed E-state index contributed by atoms with van der Waals surface area (Å²) in [4.78, 5) is 0. The van der Waals surface area contributed by atoms with Crippen molar-refractivity contribution in [1.82, 2.24) is 14.9 Å². The second kappa shape index (κ2) is 6.33. The summed E-state index contributed by atoms with van der Waals surface area (Å²) in [5.74, 6) is 4.64. The van der Waals surface area contributed by atoms with E-state index >= 15 is 0 Å². The van der Waals surface area contributed by atoms with E-state index in [1.54, 1.807) is 0 Å². The van der Waals surface area contributed by atoms with Crippen molar-refractivity contribution in [2.24, 2.45) is 0 Å². The third-order valence-electron chi connectivity index (χ3n) is 3.17. The van der Waals surface area contributed by atoms with Crippen molar-refractivity contribution in [2.75, 3.05) is 5.84 Å². The minimum Gasteiger partial charge on any atom is -0.335 e. The number of nitrogens with two attached hydrogens (primary N) is 1. The average molecular weight is 336 g/mol. The molecule has 2 aromatic carbocycles. The van der Waals surface area contributed by atoms with Crippen molar-refractivity contribution in [2.45, 2.75) is 10.9 Å². The van der Waals surface area contributed by atoms with Gasteiger partial charge in [0.15, 0.2) is 5.82 Å². The summed E-state index contributed by atoms with van der Waals surface area (Å²) in [6.07, 6.45) is 0. The molecule has 1 aromatic heterocycles. The largest absolute Gasteiger partial charge is 0.335 e. The minimum atomic E-state index is -0.626. The Hall–Kier alpha value is -2.48. The van der Waals surface area contributed by atoms with Crippen molar-refractivity contribution in [3.8, 4) is 11.4 Å². The fraction of sp³-hybridized carbons (Fsp3) is 0.0667. The molecule has 0 aliphatic rings. The summed E-state index contributed by atoms with van der Waals surface area (Å²) < 4.78 is 41.3. The molecule has 4 nitrogen and oxygen atoms in total. The lowest BCUT2D eigenvalue weighted by molar-refractivity contribution is 0.566. The van der Waals surface area contributed by atoms with Gasteiger partial charge in [-0.1, -0.05) is 17.8 Å². The number of hydrogen-bond acceptors (Lipinski definition) is 4. The van der Waals surface area contributed by atoms with Gasteiger partial charge in [0.2, 0.25) is 5.16 Å². The van der Waals surface area contributed by atoms with Gasteiger partial charge in [-0.3, -0.25) is 0 Å². The van der Waals surface area contributed by atoms with E-state index in [1.807, 2.05) is 0 Å². The Morgan fingerprint density at radius 1 is 0.957 bits per heavy atom. The second-order valence-electron chi connectivity index (χ2n) is 4.67. The van der Waals surface area contributed by atoms with E-state index in [0.29, 0.717) is 16.5 Å². The SMILES string of the molecule is Nn1c(SCc2c(F)cccc2F)nnc1-c1ccc(F)cc1. The van der Waals surface area contributed by atoms with E-state index < -0.39 is 11.6 Å². The Bertz CT molecular complexity index is 813. The molecule has 2 N–H and O–H groups in total. The third kappa shape index (κ3) is 3.16. The summed E-state index contributed by atoms with van der Waals surface area (Å²) in [5.41, 5.74) is 0.536. The first-order valence-corrected chi connectivity index (χ1v) is 7.57. The molecule has 0 aliphatic heterocycles. The Morgan fingerprint density at radius 2 is 1.61 bits per heavy atom. The van der Waals surface area contributed by atoms with Gasteiger partial charge >= 0.3 is 0 Å². The van der Waals surface area contributed by atoms with Crippen molar-refractivity contribution in [3.05, 3.63) is 65.5 Å². The van der Waals surface area contributed by atoms with Gasteiger partial charge in [-0.05, 0) is 36.4 Å². The fourth-order valence-electron chi connectivity index (χ4n) is 1.98. The van der Waals surface area contributed by atoms with E-state index in [2.05, 4.69) is 10.2 Å². The molecule has 0 saturated carbocycles. The Morgan fingerprint density at radius 3 is 2.26 bits per heavy atom. The molecule has 8 heteroatoms. The molecule has 3 rings (SSSR count). The highest BCUT2D eigenvalue weighted by Gasteiger charge is 2.15. The van der Waals surface area contributed by atoms with Crippen LogP contribution >= 0.6 is 11.8 Å². The van der Waals surface area contributed by atoms with Crippen molar-refractivity contribution < 1.29 is 13.2 Å². The lowest BCUT2D eigenvalue weighted by atomic mass is 10.2. The first-order chi connectivity index (χ1) is 11.1. The van der Waals surface area contributed by atoms with E-state index in [-0.39, 0.29) is 17.1 Å². The molecule has 0 spiro atoms. The summed E-state index contributed by atoms with van der Waals surface area (Å²) in [6, 6.07) is 9.29. The molecule has 0 fully saturated rings. The predicted octanol–water partition coefficient (Wildman–Crippen LogP) is 3.37. The highest BCUT2D eigenvalue weighted by Crippen LogP contribution is 2.26. The quantitative estimate of drug-likeness (QED) is 0.586. The van der Waals surface area contributed by atoms with Crippen molar-refractivity contribution in [3.63, 3.8) is 0 Å². The number of nitrogens with zero attached hydrogens (tertiary/aromatic N) is 3. The number of benzene rings is 2. The van der Waals surface area contributed by atoms with Gasteiger partial charge in [-0.15, -0.1) is 10.2 Å². The van der Waals surface area contributed by atoms with Gasteiger partial charge in [-0.2, -0.15) is 0 Å². The van der Waals surface area contributed by atoms with Crippen LogP contribution in [0.25, 0.3) is 11.4 Å². The lowest BCUT2D eigenvalue weighted by Gasteiger charge is -2.05. The summed E-state index contributed by atoms with van der Waals surface area (Å²) >= 11 is 1.06. The summed E-state index contributed by atoms with van der Waals surface area (Å²) in [5, 5.41) is 8.13. The number of halogens is 3. The van der Waals surface area contributed by atoms with E-state index in [4.69, 9.17) is 5.84 Å². The first kappa shape index (κ1) is 15.4. The van der Waals surface area contributed by atoms with E-state index in [9.17, 15) is 13.2 Å². The topological polar surface area (TPSA) is 56.7 Å². The second-order valence-corrected chi connectivity index (χ2v) is 5.61. The predicted molar refractivity (Wildman–Crippen MR) is 81.5 cm³/mol. The van der Waals surface area contributed by atoms with Crippen LogP contribution < -0.4 is 5.84 Å². The zero-order valence-electron chi connectivity index (χ0n) is 11.7. The van der Waals surface area contributed by atoms with Crippen LogP contribution in [-0.2, 0) is 5.75 Å². The van der Waals surface area contributed by atoms with Crippen molar-refractivity contribution >= 4 is 11.8 Å². The minimum absolute atomic E-state index is 0.0251. The standard InChI is InChI=1S/C15H11F3N4S/c16-10-6-4-9(5-7-10)14-20-21-15(22(14)19)23-8-11-12(17)2-1-3-13(11)18/h1-7H,8,19H2. The van der Waals surface area contributed by atoms with Crippen LogP contribution in [0.1, 0.15) is 5.56 Å². The zero-order chi connectivity index (χ0) is 16.4. The molecule has 0 bridgehead atoms. The molecule has 118 valence electrons. The number of hydrogen-bond donors (Lipinski definition) is 1. The van der Waals surface area contributed by atoms with Gasteiger partial charge in [0, 0.05) is 16.9 Å². The molecule has 1 heterocycles. The van der Waals surface area contributed by atoms with Gasteiger partial charge in [0.05, 0.1) is 0 Å². The lowest BCUT2D eigenvalue weighted by Crippen LogP contribution is -2.11. The Labute approximate surface area is 134 Å². The van der Waals surface area contributed by atoms with Crippen LogP contribution in [-0.4, -0.2) is 14.9 Å². The zero-order valence-corrected chi connectivity index (χ0v) is 12.5. The fourth-order valence-corrected chi connectivity index (χ4v) is 2.85. The molecule has 0 amide bonds. The maximum atomic E-state index is 13.6. The van der Waals surface area contributed by atoms with Gasteiger partial charge in [0.1, 0.15) is 17.5 Å². The molecular weight excluding hydrogens is 325 g/mol. The molecule has 0 unspecified atom stereocenters. The third-order valence-corrected chi connectivity index (χ3v) is 4.14. The highest BCUT2D eigenvalue weighted by atomic mass is 32.2. The monoisotopic (exact) mass is 336 g/mol. The van der Waals surface area contributed by atoms with Gasteiger partial charge in [-0.25, -0.2) is 17.8 Å². The van der Waals surface area contributed by atoms with Gasteiger partial charge in [0.25, 0.3) is 0 Å². The van der Waals surface area contributed by atoms with Crippen LogP contribution in [0.3, 0.4) is 0 Å². The summed E-state index contributed by atoms with van der Waals surface area (Å²) in [6.45, 7) is 0. The number of aromatic nitrogens is 3. The molecule has 3 aromatic rings. The van der Waals surface area contributed by atoms with Crippen LogP contribution in [0.5, 0.6) is 0 Å². The van der Waals surface area contributed by atoms with Crippen LogP contribution in [0.2, 0.25) is 0 Å². The molecule has 23 heavy (non-hydrogen) atoms. The maximum absolute atomic E-state index is 13.6. The van der Waals surface area contributed by atoms with Crippen LogP contribution in [0.15, 0.2) is 47.6 Å². The summed E-state index contributed by atoms with van der Waals surface area (Å²) in [7, 11) is 0. The number of rotatable bonds is 4. The number of thioether (sulfide) groups is 1. The number of nitrogen functional groups attached to an aromatic ring is 1. The van der Waals surface area contributed by atoms with Gasteiger partial charge < -0.3 is 5.84 Å².